The second-order valence-corrected chi connectivity index (χ2v) is 7.76. The number of hydrogen-bond donors (Lipinski definition) is 2. The third-order valence-corrected chi connectivity index (χ3v) is 5.64. The van der Waals surface area contributed by atoms with E-state index in [-0.39, 0.29) is 22.5 Å². The summed E-state index contributed by atoms with van der Waals surface area (Å²) in [4.78, 5) is 32.0. The number of para-hydroxylation sites is 2. The Morgan fingerprint density at radius 3 is 2.78 bits per heavy atom. The molecular weight excluding hydrogens is 358 g/mol. The number of aromatic nitrogens is 2. The predicted molar refractivity (Wildman–Crippen MR) is 112 cm³/mol. The first-order valence-corrected chi connectivity index (χ1v) is 10.0. The van der Waals surface area contributed by atoms with Gasteiger partial charge in [-0.05, 0) is 43.5 Å². The van der Waals surface area contributed by atoms with E-state index in [2.05, 4.69) is 22.2 Å². The van der Waals surface area contributed by atoms with Gasteiger partial charge in [0.25, 0.3) is 5.56 Å². The van der Waals surface area contributed by atoms with Gasteiger partial charge in [0.15, 0.2) is 0 Å². The van der Waals surface area contributed by atoms with Crippen molar-refractivity contribution in [2.45, 2.75) is 32.4 Å². The van der Waals surface area contributed by atoms with Crippen molar-refractivity contribution >= 4 is 34.3 Å². The lowest BCUT2D eigenvalue weighted by atomic mass is 10.1. The number of nitrogens with one attached hydrogen (secondary N) is 2. The molecule has 1 amide bonds. The standard InChI is InChI=1S/C21H23N3O2S/c1-4-15-9-7-8-13(2)19(15)23-18(25)12-27-14(3)20-22-17-11-6-5-10-16(17)21(26)24-20/h5-11,14H,4,12H2,1-3H3,(H,23,25)(H,22,24,26)/t14-/m1/s1. The van der Waals surface area contributed by atoms with Crippen LogP contribution in [-0.2, 0) is 11.2 Å². The topological polar surface area (TPSA) is 74.8 Å². The lowest BCUT2D eigenvalue weighted by molar-refractivity contribution is -0.113. The molecule has 0 fully saturated rings. The number of hydrogen-bond acceptors (Lipinski definition) is 4. The summed E-state index contributed by atoms with van der Waals surface area (Å²) in [5.74, 6) is 0.815. The van der Waals surface area contributed by atoms with Crippen LogP contribution in [0.15, 0.2) is 47.3 Å². The van der Waals surface area contributed by atoms with Gasteiger partial charge in [-0.1, -0.05) is 37.3 Å². The molecule has 1 atom stereocenters. The minimum atomic E-state index is -0.153. The van der Waals surface area contributed by atoms with Crippen LogP contribution >= 0.6 is 11.8 Å². The summed E-state index contributed by atoms with van der Waals surface area (Å²) in [6.45, 7) is 6.01. The second kappa shape index (κ2) is 8.39. The molecule has 0 spiro atoms. The Bertz CT molecular complexity index is 1030. The minimum absolute atomic E-state index is 0.0565. The van der Waals surface area contributed by atoms with Crippen LogP contribution in [0.3, 0.4) is 0 Å². The van der Waals surface area contributed by atoms with Gasteiger partial charge < -0.3 is 10.3 Å². The van der Waals surface area contributed by atoms with Crippen LogP contribution in [-0.4, -0.2) is 21.6 Å². The van der Waals surface area contributed by atoms with Gasteiger partial charge >= 0.3 is 0 Å². The first kappa shape index (κ1) is 19.2. The van der Waals surface area contributed by atoms with Gasteiger partial charge in [-0.3, -0.25) is 9.59 Å². The molecule has 140 valence electrons. The molecule has 0 bridgehead atoms. The number of benzene rings is 2. The van der Waals surface area contributed by atoms with Crippen molar-refractivity contribution in [1.29, 1.82) is 0 Å². The first-order chi connectivity index (χ1) is 13.0. The fraction of sp³-hybridized carbons (Fsp3) is 0.286. The van der Waals surface area contributed by atoms with Gasteiger partial charge in [-0.2, -0.15) is 0 Å². The van der Waals surface area contributed by atoms with Gasteiger partial charge in [-0.15, -0.1) is 11.8 Å². The molecular formula is C21H23N3O2S. The SMILES string of the molecule is CCc1cccc(C)c1NC(=O)CS[C@H](C)c1nc2ccccc2c(=O)[nH]1. The number of aryl methyl sites for hydroxylation is 2. The number of carbonyl (C=O) groups is 1. The lowest BCUT2D eigenvalue weighted by Gasteiger charge is -2.14. The largest absolute Gasteiger partial charge is 0.325 e. The summed E-state index contributed by atoms with van der Waals surface area (Å²) < 4.78 is 0. The summed E-state index contributed by atoms with van der Waals surface area (Å²) in [6, 6.07) is 13.3. The number of rotatable bonds is 6. The number of fused-ring (bicyclic) bond motifs is 1. The van der Waals surface area contributed by atoms with Crippen LogP contribution in [0, 0.1) is 6.92 Å². The van der Waals surface area contributed by atoms with Crippen molar-refractivity contribution in [2.24, 2.45) is 0 Å². The van der Waals surface area contributed by atoms with E-state index in [0.29, 0.717) is 16.7 Å². The highest BCUT2D eigenvalue weighted by Gasteiger charge is 2.14. The van der Waals surface area contributed by atoms with Crippen molar-refractivity contribution in [3.05, 3.63) is 69.8 Å². The van der Waals surface area contributed by atoms with E-state index in [1.165, 1.54) is 11.8 Å². The Labute approximate surface area is 162 Å². The van der Waals surface area contributed by atoms with Crippen molar-refractivity contribution in [2.75, 3.05) is 11.1 Å². The van der Waals surface area contributed by atoms with Gasteiger partial charge in [0.1, 0.15) is 5.82 Å². The lowest BCUT2D eigenvalue weighted by Crippen LogP contribution is -2.18. The average molecular weight is 382 g/mol. The Kier molecular flexibility index (Phi) is 5.96. The highest BCUT2D eigenvalue weighted by atomic mass is 32.2. The van der Waals surface area contributed by atoms with Gasteiger partial charge in [0.05, 0.1) is 21.9 Å². The molecule has 0 radical (unpaired) electrons. The Balaban J connectivity index is 1.68. The molecule has 6 heteroatoms. The molecule has 1 aromatic heterocycles. The maximum absolute atomic E-state index is 12.4. The summed E-state index contributed by atoms with van der Waals surface area (Å²) in [7, 11) is 0. The van der Waals surface area contributed by atoms with Crippen LogP contribution < -0.4 is 10.9 Å². The number of anilines is 1. The molecule has 2 N–H and O–H groups in total. The zero-order valence-corrected chi connectivity index (χ0v) is 16.5. The van der Waals surface area contributed by atoms with E-state index >= 15 is 0 Å². The molecule has 0 aliphatic carbocycles. The van der Waals surface area contributed by atoms with Crippen LogP contribution in [0.2, 0.25) is 0 Å². The van der Waals surface area contributed by atoms with Crippen LogP contribution in [0.25, 0.3) is 10.9 Å². The molecule has 0 saturated heterocycles. The summed E-state index contributed by atoms with van der Waals surface area (Å²) in [5, 5.41) is 3.50. The summed E-state index contributed by atoms with van der Waals surface area (Å²) in [6.07, 6.45) is 0.864. The third kappa shape index (κ3) is 4.39. The highest BCUT2D eigenvalue weighted by molar-refractivity contribution is 8.00. The molecule has 5 nitrogen and oxygen atoms in total. The number of H-pyrrole nitrogens is 1. The van der Waals surface area contributed by atoms with Crippen LogP contribution in [0.4, 0.5) is 5.69 Å². The first-order valence-electron chi connectivity index (χ1n) is 8.98. The maximum atomic E-state index is 12.4. The van der Waals surface area contributed by atoms with Crippen molar-refractivity contribution in [3.8, 4) is 0 Å². The third-order valence-electron chi connectivity index (χ3n) is 4.49. The normalized spacial score (nSPS) is 12.1. The van der Waals surface area contributed by atoms with Gasteiger partial charge in [0, 0.05) is 5.69 Å². The zero-order chi connectivity index (χ0) is 19.4. The molecule has 3 aromatic rings. The molecule has 0 saturated carbocycles. The molecule has 0 unspecified atom stereocenters. The van der Waals surface area contributed by atoms with Crippen LogP contribution in [0.1, 0.15) is 36.0 Å². The number of amides is 1. The summed E-state index contributed by atoms with van der Waals surface area (Å²) >= 11 is 1.45. The molecule has 1 heterocycles. The average Bonchev–Trinajstić information content (AvgIpc) is 2.67. The number of nitrogens with zero attached hydrogens (tertiary/aromatic N) is 1. The van der Waals surface area contributed by atoms with E-state index < -0.39 is 0 Å². The molecule has 2 aromatic carbocycles. The quantitative estimate of drug-likeness (QED) is 0.670. The minimum Gasteiger partial charge on any atom is -0.325 e. The van der Waals surface area contributed by atoms with Crippen molar-refractivity contribution < 1.29 is 4.79 Å². The Morgan fingerprint density at radius 1 is 1.22 bits per heavy atom. The smallest absolute Gasteiger partial charge is 0.258 e. The molecule has 27 heavy (non-hydrogen) atoms. The number of thioether (sulfide) groups is 1. The van der Waals surface area contributed by atoms with E-state index in [4.69, 9.17) is 0 Å². The summed E-state index contributed by atoms with van der Waals surface area (Å²) in [5.41, 5.74) is 3.60. The zero-order valence-electron chi connectivity index (χ0n) is 15.7. The molecule has 3 rings (SSSR count). The van der Waals surface area contributed by atoms with Gasteiger partial charge in [0.2, 0.25) is 5.91 Å². The van der Waals surface area contributed by atoms with Gasteiger partial charge in [-0.25, -0.2) is 4.98 Å². The van der Waals surface area contributed by atoms with E-state index in [9.17, 15) is 9.59 Å². The maximum Gasteiger partial charge on any atom is 0.258 e. The number of aromatic amines is 1. The predicted octanol–water partition coefficient (Wildman–Crippen LogP) is 4.23. The second-order valence-electron chi connectivity index (χ2n) is 6.43. The molecule has 0 aliphatic rings. The van der Waals surface area contributed by atoms with E-state index in [0.717, 1.165) is 23.2 Å². The fourth-order valence-corrected chi connectivity index (χ4v) is 3.70. The van der Waals surface area contributed by atoms with Crippen molar-refractivity contribution in [3.63, 3.8) is 0 Å². The van der Waals surface area contributed by atoms with Crippen molar-refractivity contribution in [1.82, 2.24) is 9.97 Å². The van der Waals surface area contributed by atoms with E-state index in [1.54, 1.807) is 6.07 Å². The Morgan fingerprint density at radius 2 is 2.00 bits per heavy atom. The monoisotopic (exact) mass is 381 g/mol. The number of carbonyl (C=O) groups excluding carboxylic acids is 1. The molecule has 0 aliphatic heterocycles. The fourth-order valence-electron chi connectivity index (χ4n) is 2.95. The Hall–Kier alpha value is -2.60. The van der Waals surface area contributed by atoms with E-state index in [1.807, 2.05) is 50.2 Å². The highest BCUT2D eigenvalue weighted by Crippen LogP contribution is 2.27. The van der Waals surface area contributed by atoms with Crippen LogP contribution in [0.5, 0.6) is 0 Å².